The number of hydrogen-bond donors (Lipinski definition) is 6. The van der Waals surface area contributed by atoms with E-state index in [4.69, 9.17) is 14.2 Å². The molecule has 152 valence electrons. The summed E-state index contributed by atoms with van der Waals surface area (Å²) in [6, 6.07) is -0.911. The van der Waals surface area contributed by atoms with Gasteiger partial charge in [0.2, 0.25) is 12.2 Å². The van der Waals surface area contributed by atoms with E-state index in [9.17, 15) is 35.4 Å². The minimum absolute atomic E-state index is 0.154. The van der Waals surface area contributed by atoms with E-state index in [0.29, 0.717) is 5.57 Å². The van der Waals surface area contributed by atoms with E-state index in [2.05, 4.69) is 11.6 Å². The third-order valence-corrected chi connectivity index (χ3v) is 5.07. The molecule has 0 aromatic carbocycles. The zero-order valence-electron chi connectivity index (χ0n) is 14.5. The van der Waals surface area contributed by atoms with Crippen molar-refractivity contribution in [3.05, 3.63) is 12.2 Å². The normalized spacial score (nSPS) is 47.0. The van der Waals surface area contributed by atoms with E-state index in [1.807, 2.05) is 0 Å². The quantitative estimate of drug-likeness (QED) is 0.290. The van der Waals surface area contributed by atoms with Gasteiger partial charge in [-0.25, -0.2) is 9.79 Å². The lowest BCUT2D eigenvalue weighted by Crippen LogP contribution is -2.67. The Bertz CT molecular complexity index is 639. The van der Waals surface area contributed by atoms with Crippen LogP contribution >= 0.6 is 0 Å². The van der Waals surface area contributed by atoms with Crippen LogP contribution in [0.15, 0.2) is 17.1 Å². The van der Waals surface area contributed by atoms with Crippen molar-refractivity contribution in [2.75, 3.05) is 6.61 Å². The van der Waals surface area contributed by atoms with Crippen LogP contribution in [0.2, 0.25) is 0 Å². The largest absolute Gasteiger partial charge is 0.479 e. The number of nitrogens with zero attached hydrogens (tertiary/aromatic N) is 1. The van der Waals surface area contributed by atoms with E-state index >= 15 is 0 Å². The molecule has 0 aromatic rings. The molecule has 2 saturated heterocycles. The predicted molar refractivity (Wildman–Crippen MR) is 86.7 cm³/mol. The number of aliphatic imine (C=N–C) groups is 1. The number of hydrogen-bond acceptors (Lipinski definition) is 10. The summed E-state index contributed by atoms with van der Waals surface area (Å²) in [4.78, 5) is 15.6. The Balaban J connectivity index is 1.97. The SMILES string of the molecule is C=C(C)C1=N[C@@H]2C([C@@H]3O[C@H](C(=O)O)[C@@H](O)[C@H](O)[C@H]3O)[C@H](O)[C@@H](CO)O[C@@H]2O1. The molecule has 11 nitrogen and oxygen atoms in total. The molecule has 2 fully saturated rings. The van der Waals surface area contributed by atoms with Crippen molar-refractivity contribution in [2.24, 2.45) is 10.9 Å². The Morgan fingerprint density at radius 3 is 2.33 bits per heavy atom. The zero-order chi connectivity index (χ0) is 20.0. The topological polar surface area (TPSA) is 178 Å². The first kappa shape index (κ1) is 20.1. The fourth-order valence-electron chi connectivity index (χ4n) is 3.66. The highest BCUT2D eigenvalue weighted by Crippen LogP contribution is 2.40. The van der Waals surface area contributed by atoms with E-state index < -0.39 is 73.6 Å². The first-order valence-electron chi connectivity index (χ1n) is 8.44. The first-order valence-corrected chi connectivity index (χ1v) is 8.44. The maximum absolute atomic E-state index is 11.3. The summed E-state index contributed by atoms with van der Waals surface area (Å²) in [5, 5.41) is 59.7. The van der Waals surface area contributed by atoms with Gasteiger partial charge >= 0.3 is 5.97 Å². The van der Waals surface area contributed by atoms with Gasteiger partial charge in [-0.2, -0.15) is 0 Å². The number of carbonyl (C=O) groups is 1. The van der Waals surface area contributed by atoms with Gasteiger partial charge in [-0.05, 0) is 6.92 Å². The standard InChI is InChI=1S/C16H23NO10/c1-4(2)14-17-7-6(8(19)5(3-18)25-16(7)27-14)12-10(21)9(20)11(22)13(26-12)15(23)24/h5-13,16,18-22H,1,3H2,2H3,(H,23,24)/t5-,6?,7-,8-,9-,10-,11+,12+,13+,16-/m1/s1. The van der Waals surface area contributed by atoms with Gasteiger partial charge in [0.15, 0.2) is 6.10 Å². The Morgan fingerprint density at radius 1 is 1.11 bits per heavy atom. The molecule has 3 rings (SSSR count). The van der Waals surface area contributed by atoms with Crippen molar-refractivity contribution < 1.29 is 49.6 Å². The van der Waals surface area contributed by atoms with Crippen LogP contribution in [0.4, 0.5) is 0 Å². The van der Waals surface area contributed by atoms with Crippen molar-refractivity contribution in [1.82, 2.24) is 0 Å². The summed E-state index contributed by atoms with van der Waals surface area (Å²) < 4.78 is 16.4. The van der Waals surface area contributed by atoms with E-state index in [1.54, 1.807) is 6.92 Å². The van der Waals surface area contributed by atoms with Gasteiger partial charge in [0, 0.05) is 11.5 Å². The molecular weight excluding hydrogens is 366 g/mol. The van der Waals surface area contributed by atoms with Gasteiger partial charge in [0.25, 0.3) is 0 Å². The molecule has 1 unspecified atom stereocenters. The predicted octanol–water partition coefficient (Wildman–Crippen LogP) is -3.01. The Kier molecular flexibility index (Phi) is 5.54. The highest BCUT2D eigenvalue weighted by atomic mass is 16.7. The van der Waals surface area contributed by atoms with Crippen molar-refractivity contribution in [2.45, 2.75) is 62.0 Å². The van der Waals surface area contributed by atoms with E-state index in [0.717, 1.165) is 0 Å². The van der Waals surface area contributed by atoms with Gasteiger partial charge < -0.3 is 44.8 Å². The minimum atomic E-state index is -1.86. The van der Waals surface area contributed by atoms with Crippen LogP contribution in [-0.4, -0.2) is 104 Å². The highest BCUT2D eigenvalue weighted by Gasteiger charge is 2.58. The molecule has 3 aliphatic rings. The van der Waals surface area contributed by atoms with Crippen molar-refractivity contribution in [3.63, 3.8) is 0 Å². The number of aliphatic carboxylic acids is 1. The molecule has 27 heavy (non-hydrogen) atoms. The number of carboxylic acid groups (broad SMARTS) is 1. The molecule has 0 aliphatic carbocycles. The second kappa shape index (κ2) is 7.43. The lowest BCUT2D eigenvalue weighted by Gasteiger charge is -2.48. The zero-order valence-corrected chi connectivity index (χ0v) is 14.5. The number of aliphatic hydroxyl groups is 5. The third kappa shape index (κ3) is 3.36. The van der Waals surface area contributed by atoms with Crippen LogP contribution in [0.3, 0.4) is 0 Å². The second-order valence-corrected chi connectivity index (χ2v) is 6.95. The van der Waals surface area contributed by atoms with Crippen LogP contribution in [-0.2, 0) is 19.0 Å². The molecule has 0 amide bonds. The molecule has 10 atom stereocenters. The number of fused-ring (bicyclic) bond motifs is 1. The van der Waals surface area contributed by atoms with Crippen LogP contribution in [0.5, 0.6) is 0 Å². The average molecular weight is 389 g/mol. The lowest BCUT2D eigenvalue weighted by atomic mass is 9.78. The number of ether oxygens (including phenoxy) is 3. The molecule has 0 spiro atoms. The summed E-state index contributed by atoms with van der Waals surface area (Å²) in [6.07, 6.45) is -12.2. The first-order chi connectivity index (χ1) is 12.7. The molecule has 3 aliphatic heterocycles. The summed E-state index contributed by atoms with van der Waals surface area (Å²) in [5.41, 5.74) is 0.478. The van der Waals surface area contributed by atoms with Crippen LogP contribution in [0.25, 0.3) is 0 Å². The maximum atomic E-state index is 11.3. The lowest BCUT2D eigenvalue weighted by molar-refractivity contribution is -0.279. The van der Waals surface area contributed by atoms with Crippen molar-refractivity contribution in [1.29, 1.82) is 0 Å². The molecule has 0 saturated carbocycles. The van der Waals surface area contributed by atoms with E-state index in [1.165, 1.54) is 0 Å². The van der Waals surface area contributed by atoms with Crippen LogP contribution < -0.4 is 0 Å². The van der Waals surface area contributed by atoms with Gasteiger partial charge in [0.1, 0.15) is 30.5 Å². The fraction of sp³-hybridized carbons (Fsp3) is 0.750. The molecule has 0 bridgehead atoms. The summed E-state index contributed by atoms with van der Waals surface area (Å²) in [6.45, 7) is 4.76. The van der Waals surface area contributed by atoms with Crippen LogP contribution in [0.1, 0.15) is 6.92 Å². The fourth-order valence-corrected chi connectivity index (χ4v) is 3.66. The van der Waals surface area contributed by atoms with Crippen LogP contribution in [0, 0.1) is 5.92 Å². The Morgan fingerprint density at radius 2 is 1.78 bits per heavy atom. The van der Waals surface area contributed by atoms with Crippen molar-refractivity contribution in [3.8, 4) is 0 Å². The Hall–Kier alpha value is -1.60. The number of aliphatic hydroxyl groups excluding tert-OH is 5. The third-order valence-electron chi connectivity index (χ3n) is 5.07. The van der Waals surface area contributed by atoms with Gasteiger partial charge in [0.05, 0.1) is 18.8 Å². The number of rotatable bonds is 4. The van der Waals surface area contributed by atoms with Gasteiger partial charge in [-0.3, -0.25) is 0 Å². The summed E-state index contributed by atoms with van der Waals surface area (Å²) in [5.74, 6) is -2.47. The summed E-state index contributed by atoms with van der Waals surface area (Å²) >= 11 is 0. The molecule has 3 heterocycles. The average Bonchev–Trinajstić information content (AvgIpc) is 3.04. The second-order valence-electron chi connectivity index (χ2n) is 6.95. The number of carboxylic acids is 1. The summed E-state index contributed by atoms with van der Waals surface area (Å²) in [7, 11) is 0. The van der Waals surface area contributed by atoms with Gasteiger partial charge in [-0.1, -0.05) is 6.58 Å². The monoisotopic (exact) mass is 389 g/mol. The van der Waals surface area contributed by atoms with Gasteiger partial charge in [-0.15, -0.1) is 0 Å². The Labute approximate surface area is 154 Å². The molecule has 0 radical (unpaired) electrons. The molecule has 11 heteroatoms. The smallest absolute Gasteiger partial charge is 0.335 e. The van der Waals surface area contributed by atoms with Crippen molar-refractivity contribution >= 4 is 11.9 Å². The molecular formula is C16H23NO10. The molecule has 0 aromatic heterocycles. The molecule has 6 N–H and O–H groups in total. The minimum Gasteiger partial charge on any atom is -0.479 e. The van der Waals surface area contributed by atoms with E-state index in [-0.39, 0.29) is 5.90 Å². The maximum Gasteiger partial charge on any atom is 0.335 e. The highest BCUT2D eigenvalue weighted by molar-refractivity contribution is 5.93.